The Morgan fingerprint density at radius 3 is 2.72 bits per heavy atom. The number of piperidine rings is 1. The summed E-state index contributed by atoms with van der Waals surface area (Å²) < 4.78 is 4.85. The number of carbonyl (C=O) groups is 1. The third-order valence-corrected chi connectivity index (χ3v) is 5.70. The largest absolute Gasteiger partial charge is 0.343 e. The quantitative estimate of drug-likeness (QED) is 0.836. The highest BCUT2D eigenvalue weighted by Crippen LogP contribution is 2.25. The third kappa shape index (κ3) is 3.84. The van der Waals surface area contributed by atoms with Gasteiger partial charge in [-0.2, -0.15) is 0 Å². The van der Waals surface area contributed by atoms with Gasteiger partial charge in [0.1, 0.15) is 11.0 Å². The molecule has 2 aliphatic rings. The van der Waals surface area contributed by atoms with Gasteiger partial charge >= 0.3 is 0 Å². The Bertz CT molecular complexity index is 715. The maximum absolute atomic E-state index is 12.2. The highest BCUT2D eigenvalue weighted by atomic mass is 16.6. The normalized spacial score (nSPS) is 19.8. The van der Waals surface area contributed by atoms with Crippen LogP contribution in [0.5, 0.6) is 0 Å². The molecule has 0 saturated carbocycles. The summed E-state index contributed by atoms with van der Waals surface area (Å²) in [6.45, 7) is 5.01. The van der Waals surface area contributed by atoms with Crippen molar-refractivity contribution in [3.05, 3.63) is 23.8 Å². The summed E-state index contributed by atoms with van der Waals surface area (Å²) in [7, 11) is 0. The van der Waals surface area contributed by atoms with Crippen molar-refractivity contribution in [2.24, 2.45) is 5.92 Å². The van der Waals surface area contributed by atoms with Crippen molar-refractivity contribution in [2.45, 2.75) is 45.1 Å². The molecule has 0 unspecified atom stereocenters. The first-order valence-corrected chi connectivity index (χ1v) is 9.50. The van der Waals surface area contributed by atoms with Gasteiger partial charge in [0.25, 0.3) is 0 Å². The maximum atomic E-state index is 12.2. The van der Waals surface area contributed by atoms with E-state index in [1.807, 2.05) is 17.0 Å². The number of likely N-dealkylation sites (tertiary alicyclic amines) is 2. The van der Waals surface area contributed by atoms with Crippen molar-refractivity contribution in [1.82, 2.24) is 20.1 Å². The summed E-state index contributed by atoms with van der Waals surface area (Å²) in [5.74, 6) is 1.05. The number of fused-ring (bicyclic) bond motifs is 1. The second kappa shape index (κ2) is 7.52. The number of hydrogen-bond acceptors (Lipinski definition) is 5. The molecule has 0 radical (unpaired) electrons. The molecular weight excluding hydrogens is 316 g/mol. The minimum atomic E-state index is 0.366. The molecule has 1 aromatic heterocycles. The van der Waals surface area contributed by atoms with Crippen molar-refractivity contribution < 1.29 is 9.42 Å². The summed E-state index contributed by atoms with van der Waals surface area (Å²) in [6.07, 6.45) is 6.50. The van der Waals surface area contributed by atoms with Crippen LogP contribution >= 0.6 is 0 Å². The van der Waals surface area contributed by atoms with Crippen molar-refractivity contribution >= 4 is 16.9 Å². The van der Waals surface area contributed by atoms with Gasteiger partial charge < -0.3 is 4.90 Å². The molecule has 0 N–H and O–H groups in total. The number of amides is 1. The molecule has 2 aromatic rings. The Morgan fingerprint density at radius 1 is 1.12 bits per heavy atom. The Balaban J connectivity index is 1.24. The Labute approximate surface area is 148 Å². The summed E-state index contributed by atoms with van der Waals surface area (Å²) in [6, 6.07) is 6.05. The molecule has 6 nitrogen and oxygen atoms in total. The zero-order chi connectivity index (χ0) is 17.1. The highest BCUT2D eigenvalue weighted by Gasteiger charge is 2.23. The van der Waals surface area contributed by atoms with Crippen LogP contribution in [0.1, 0.15) is 44.1 Å². The average molecular weight is 342 g/mol. The van der Waals surface area contributed by atoms with Gasteiger partial charge in [-0.05, 0) is 73.1 Å². The van der Waals surface area contributed by atoms with E-state index in [1.165, 1.54) is 31.2 Å². The fraction of sp³-hybridized carbons (Fsp3) is 0.632. The zero-order valence-corrected chi connectivity index (χ0v) is 14.7. The molecule has 2 saturated heterocycles. The van der Waals surface area contributed by atoms with Crippen LogP contribution in [0.25, 0.3) is 11.0 Å². The molecule has 134 valence electrons. The summed E-state index contributed by atoms with van der Waals surface area (Å²) in [5.41, 5.74) is 2.88. The van der Waals surface area contributed by atoms with Gasteiger partial charge in [0, 0.05) is 26.1 Å². The van der Waals surface area contributed by atoms with Gasteiger partial charge in [0.2, 0.25) is 5.91 Å². The Kier molecular flexibility index (Phi) is 4.97. The van der Waals surface area contributed by atoms with E-state index in [4.69, 9.17) is 4.63 Å². The Hall–Kier alpha value is -1.95. The number of carbonyl (C=O) groups excluding carboxylic acids is 1. The van der Waals surface area contributed by atoms with E-state index in [-0.39, 0.29) is 0 Å². The fourth-order valence-corrected chi connectivity index (χ4v) is 4.12. The van der Waals surface area contributed by atoms with Gasteiger partial charge in [0.05, 0.1) is 0 Å². The van der Waals surface area contributed by atoms with Crippen molar-refractivity contribution in [1.29, 1.82) is 0 Å². The first-order valence-electron chi connectivity index (χ1n) is 9.50. The van der Waals surface area contributed by atoms with Crippen LogP contribution in [0.2, 0.25) is 0 Å². The molecule has 0 bridgehead atoms. The van der Waals surface area contributed by atoms with Gasteiger partial charge in [-0.15, -0.1) is 0 Å². The smallest absolute Gasteiger partial charge is 0.222 e. The summed E-state index contributed by atoms with van der Waals surface area (Å²) in [4.78, 5) is 16.7. The molecule has 1 amide bonds. The van der Waals surface area contributed by atoms with Crippen LogP contribution < -0.4 is 0 Å². The lowest BCUT2D eigenvalue weighted by atomic mass is 9.91. The fourth-order valence-electron chi connectivity index (χ4n) is 4.12. The molecule has 1 aromatic carbocycles. The van der Waals surface area contributed by atoms with Gasteiger partial charge in [0.15, 0.2) is 0 Å². The highest BCUT2D eigenvalue weighted by molar-refractivity contribution is 5.77. The van der Waals surface area contributed by atoms with Crippen LogP contribution in [0, 0.1) is 5.92 Å². The average Bonchev–Trinajstić information content (AvgIpc) is 3.33. The van der Waals surface area contributed by atoms with Gasteiger partial charge in [-0.3, -0.25) is 9.69 Å². The minimum absolute atomic E-state index is 0.366. The van der Waals surface area contributed by atoms with Crippen LogP contribution in [0.3, 0.4) is 0 Å². The van der Waals surface area contributed by atoms with E-state index in [0.717, 1.165) is 56.6 Å². The molecule has 3 heterocycles. The van der Waals surface area contributed by atoms with E-state index in [0.29, 0.717) is 11.8 Å². The number of benzene rings is 1. The number of nitrogens with zero attached hydrogens (tertiary/aromatic N) is 4. The molecule has 4 rings (SSSR count). The standard InChI is InChI=1S/C19H26N4O2/c24-18(23-10-1-2-11-23)7-6-15-8-12-22(13-9-15)14-16-4-3-5-17-19(16)21-25-20-17/h3-5,15H,1-2,6-14H2. The van der Waals surface area contributed by atoms with Crippen molar-refractivity contribution in [2.75, 3.05) is 26.2 Å². The number of aromatic nitrogens is 2. The van der Waals surface area contributed by atoms with Crippen LogP contribution in [0.4, 0.5) is 0 Å². The van der Waals surface area contributed by atoms with E-state index in [9.17, 15) is 4.79 Å². The van der Waals surface area contributed by atoms with E-state index in [1.54, 1.807) is 0 Å². The molecule has 25 heavy (non-hydrogen) atoms. The van der Waals surface area contributed by atoms with E-state index in [2.05, 4.69) is 21.3 Å². The van der Waals surface area contributed by atoms with Gasteiger partial charge in [-0.25, -0.2) is 4.63 Å². The zero-order valence-electron chi connectivity index (χ0n) is 14.7. The predicted molar refractivity (Wildman–Crippen MR) is 94.9 cm³/mol. The number of hydrogen-bond donors (Lipinski definition) is 0. The molecular formula is C19H26N4O2. The first-order chi connectivity index (χ1) is 12.3. The second-order valence-corrected chi connectivity index (χ2v) is 7.40. The monoisotopic (exact) mass is 342 g/mol. The molecule has 6 heteroatoms. The molecule has 2 aliphatic heterocycles. The summed E-state index contributed by atoms with van der Waals surface area (Å²) >= 11 is 0. The van der Waals surface area contributed by atoms with Crippen LogP contribution in [-0.4, -0.2) is 52.2 Å². The lowest BCUT2D eigenvalue weighted by Crippen LogP contribution is -2.34. The summed E-state index contributed by atoms with van der Waals surface area (Å²) in [5, 5.41) is 7.95. The molecule has 0 aliphatic carbocycles. The topological polar surface area (TPSA) is 62.5 Å². The van der Waals surface area contributed by atoms with E-state index < -0.39 is 0 Å². The second-order valence-electron chi connectivity index (χ2n) is 7.40. The molecule has 0 spiro atoms. The maximum Gasteiger partial charge on any atom is 0.222 e. The van der Waals surface area contributed by atoms with Gasteiger partial charge in [-0.1, -0.05) is 12.1 Å². The van der Waals surface area contributed by atoms with Crippen LogP contribution in [-0.2, 0) is 11.3 Å². The predicted octanol–water partition coefficient (Wildman–Crippen LogP) is 2.84. The number of rotatable bonds is 5. The Morgan fingerprint density at radius 2 is 1.92 bits per heavy atom. The third-order valence-electron chi connectivity index (χ3n) is 5.70. The van der Waals surface area contributed by atoms with Crippen LogP contribution in [0.15, 0.2) is 22.8 Å². The first kappa shape index (κ1) is 16.5. The molecule has 2 fully saturated rings. The minimum Gasteiger partial charge on any atom is -0.343 e. The van der Waals surface area contributed by atoms with Crippen molar-refractivity contribution in [3.63, 3.8) is 0 Å². The van der Waals surface area contributed by atoms with Crippen molar-refractivity contribution in [3.8, 4) is 0 Å². The van der Waals surface area contributed by atoms with E-state index >= 15 is 0 Å². The lowest BCUT2D eigenvalue weighted by molar-refractivity contribution is -0.130. The molecule has 0 atom stereocenters. The SMILES string of the molecule is O=C(CCC1CCN(Cc2cccc3nonc23)CC1)N1CCCC1. The lowest BCUT2D eigenvalue weighted by Gasteiger charge is -2.32.